The van der Waals surface area contributed by atoms with Crippen molar-refractivity contribution in [1.29, 1.82) is 0 Å². The highest BCUT2D eigenvalue weighted by atomic mass is 15.1. The minimum atomic E-state index is 0.549. The first-order valence-corrected chi connectivity index (χ1v) is 8.53. The van der Waals surface area contributed by atoms with E-state index in [1.165, 1.54) is 35.3 Å². The number of piperidine rings is 1. The molecule has 1 aromatic carbocycles. The molecule has 1 aliphatic heterocycles. The maximum absolute atomic E-state index is 5.03. The van der Waals surface area contributed by atoms with Gasteiger partial charge in [-0.2, -0.15) is 0 Å². The zero-order valence-corrected chi connectivity index (χ0v) is 14.1. The molecule has 2 heterocycles. The van der Waals surface area contributed by atoms with E-state index in [0.717, 1.165) is 32.6 Å². The Balaban J connectivity index is 2.00. The van der Waals surface area contributed by atoms with Crippen molar-refractivity contribution in [3.63, 3.8) is 0 Å². The van der Waals surface area contributed by atoms with E-state index >= 15 is 0 Å². The van der Waals surface area contributed by atoms with Gasteiger partial charge in [0.15, 0.2) is 0 Å². The van der Waals surface area contributed by atoms with Crippen LogP contribution >= 0.6 is 0 Å². The van der Waals surface area contributed by atoms with Crippen molar-refractivity contribution >= 4 is 11.0 Å². The molecule has 4 heteroatoms. The summed E-state index contributed by atoms with van der Waals surface area (Å²) in [4.78, 5) is 7.27. The second-order valence-electron chi connectivity index (χ2n) is 6.64. The minimum absolute atomic E-state index is 0.549. The van der Waals surface area contributed by atoms with Gasteiger partial charge in [-0.3, -0.25) is 0 Å². The molecular formula is C18H28N4. The summed E-state index contributed by atoms with van der Waals surface area (Å²) in [7, 11) is 4.27. The highest BCUT2D eigenvalue weighted by molar-refractivity contribution is 5.77. The average Bonchev–Trinajstić information content (AvgIpc) is 2.91. The van der Waals surface area contributed by atoms with Gasteiger partial charge in [0.1, 0.15) is 5.82 Å². The fourth-order valence-electron chi connectivity index (χ4n) is 3.33. The monoisotopic (exact) mass is 300 g/mol. The molecule has 1 unspecified atom stereocenters. The quantitative estimate of drug-likeness (QED) is 0.921. The zero-order valence-electron chi connectivity index (χ0n) is 14.1. The molecule has 0 radical (unpaired) electrons. The SMILES string of the molecule is CCc1ccc2c(c1)nc(C1CCCNC1)n2CCN(C)C. The van der Waals surface area contributed by atoms with Crippen LogP contribution in [-0.4, -0.2) is 48.2 Å². The van der Waals surface area contributed by atoms with E-state index in [1.807, 2.05) is 0 Å². The molecule has 1 saturated heterocycles. The summed E-state index contributed by atoms with van der Waals surface area (Å²) < 4.78 is 2.45. The molecule has 1 atom stereocenters. The molecule has 1 aromatic heterocycles. The Morgan fingerprint density at radius 2 is 2.23 bits per heavy atom. The summed E-state index contributed by atoms with van der Waals surface area (Å²) in [5.74, 6) is 1.82. The van der Waals surface area contributed by atoms with Crippen LogP contribution in [0.3, 0.4) is 0 Å². The topological polar surface area (TPSA) is 33.1 Å². The van der Waals surface area contributed by atoms with Crippen molar-refractivity contribution in [3.8, 4) is 0 Å². The van der Waals surface area contributed by atoms with Crippen molar-refractivity contribution in [2.75, 3.05) is 33.7 Å². The summed E-state index contributed by atoms with van der Waals surface area (Å²) in [6, 6.07) is 6.77. The van der Waals surface area contributed by atoms with Crippen LogP contribution in [0.4, 0.5) is 0 Å². The molecule has 1 aliphatic rings. The predicted molar refractivity (Wildman–Crippen MR) is 92.5 cm³/mol. The number of fused-ring (bicyclic) bond motifs is 1. The molecule has 1 fully saturated rings. The molecule has 0 saturated carbocycles. The average molecular weight is 300 g/mol. The number of nitrogens with one attached hydrogen (secondary N) is 1. The molecule has 0 aliphatic carbocycles. The number of hydrogen-bond acceptors (Lipinski definition) is 3. The van der Waals surface area contributed by atoms with Crippen molar-refractivity contribution in [1.82, 2.24) is 19.8 Å². The van der Waals surface area contributed by atoms with Crippen LogP contribution in [0.15, 0.2) is 18.2 Å². The van der Waals surface area contributed by atoms with Crippen LogP contribution in [0.2, 0.25) is 0 Å². The fraction of sp³-hybridized carbons (Fsp3) is 0.611. The van der Waals surface area contributed by atoms with Gasteiger partial charge in [-0.05, 0) is 57.6 Å². The largest absolute Gasteiger partial charge is 0.326 e. The smallest absolute Gasteiger partial charge is 0.114 e. The summed E-state index contributed by atoms with van der Waals surface area (Å²) in [5, 5.41) is 3.53. The van der Waals surface area contributed by atoms with Gasteiger partial charge in [-0.15, -0.1) is 0 Å². The molecule has 3 rings (SSSR count). The molecule has 0 spiro atoms. The van der Waals surface area contributed by atoms with Gasteiger partial charge in [-0.25, -0.2) is 4.98 Å². The van der Waals surface area contributed by atoms with Crippen molar-refractivity contribution < 1.29 is 0 Å². The maximum Gasteiger partial charge on any atom is 0.114 e. The van der Waals surface area contributed by atoms with Crippen LogP contribution in [-0.2, 0) is 13.0 Å². The van der Waals surface area contributed by atoms with Crippen LogP contribution in [0.25, 0.3) is 11.0 Å². The van der Waals surface area contributed by atoms with Crippen LogP contribution < -0.4 is 5.32 Å². The lowest BCUT2D eigenvalue weighted by molar-refractivity contribution is 0.373. The van der Waals surface area contributed by atoms with E-state index in [4.69, 9.17) is 4.98 Å². The summed E-state index contributed by atoms with van der Waals surface area (Å²) in [6.07, 6.45) is 3.57. The van der Waals surface area contributed by atoms with Gasteiger partial charge in [0.2, 0.25) is 0 Å². The lowest BCUT2D eigenvalue weighted by atomic mass is 9.99. The van der Waals surface area contributed by atoms with Crippen LogP contribution in [0, 0.1) is 0 Å². The van der Waals surface area contributed by atoms with Crippen molar-refractivity contribution in [2.45, 2.75) is 38.6 Å². The van der Waals surface area contributed by atoms with E-state index in [9.17, 15) is 0 Å². The van der Waals surface area contributed by atoms with Gasteiger partial charge >= 0.3 is 0 Å². The molecule has 2 aromatic rings. The Morgan fingerprint density at radius 3 is 2.91 bits per heavy atom. The van der Waals surface area contributed by atoms with E-state index in [1.54, 1.807) is 0 Å². The summed E-state index contributed by atoms with van der Waals surface area (Å²) in [6.45, 7) is 6.48. The second kappa shape index (κ2) is 6.80. The fourth-order valence-corrected chi connectivity index (χ4v) is 3.33. The van der Waals surface area contributed by atoms with E-state index in [0.29, 0.717) is 5.92 Å². The highest BCUT2D eigenvalue weighted by Gasteiger charge is 2.22. The number of rotatable bonds is 5. The number of likely N-dealkylation sites (N-methyl/N-ethyl adjacent to an activating group) is 1. The van der Waals surface area contributed by atoms with E-state index in [-0.39, 0.29) is 0 Å². The lowest BCUT2D eigenvalue weighted by Crippen LogP contribution is -2.30. The lowest BCUT2D eigenvalue weighted by Gasteiger charge is -2.24. The van der Waals surface area contributed by atoms with Gasteiger partial charge in [0, 0.05) is 25.6 Å². The van der Waals surface area contributed by atoms with Crippen molar-refractivity contribution in [3.05, 3.63) is 29.6 Å². The Kier molecular flexibility index (Phi) is 4.79. The van der Waals surface area contributed by atoms with E-state index in [2.05, 4.69) is 54.0 Å². The molecule has 1 N–H and O–H groups in total. The molecular weight excluding hydrogens is 272 g/mol. The minimum Gasteiger partial charge on any atom is -0.326 e. The first-order valence-electron chi connectivity index (χ1n) is 8.53. The van der Waals surface area contributed by atoms with E-state index < -0.39 is 0 Å². The summed E-state index contributed by atoms with van der Waals surface area (Å²) in [5.41, 5.74) is 3.83. The van der Waals surface area contributed by atoms with Gasteiger partial charge in [0.25, 0.3) is 0 Å². The predicted octanol–water partition coefficient (Wildman–Crippen LogP) is 2.63. The van der Waals surface area contributed by atoms with Crippen LogP contribution in [0.5, 0.6) is 0 Å². The van der Waals surface area contributed by atoms with Gasteiger partial charge in [0.05, 0.1) is 11.0 Å². The van der Waals surface area contributed by atoms with Crippen molar-refractivity contribution in [2.24, 2.45) is 0 Å². The number of aromatic nitrogens is 2. The third kappa shape index (κ3) is 3.18. The first-order chi connectivity index (χ1) is 10.7. The highest BCUT2D eigenvalue weighted by Crippen LogP contribution is 2.27. The summed E-state index contributed by atoms with van der Waals surface area (Å²) >= 11 is 0. The number of aryl methyl sites for hydroxylation is 1. The first kappa shape index (κ1) is 15.5. The number of hydrogen-bond donors (Lipinski definition) is 1. The molecule has 4 nitrogen and oxygen atoms in total. The number of imidazole rings is 1. The normalized spacial score (nSPS) is 19.2. The third-order valence-electron chi connectivity index (χ3n) is 4.68. The Labute approximate surface area is 133 Å². The Morgan fingerprint density at radius 1 is 1.36 bits per heavy atom. The molecule has 120 valence electrons. The third-order valence-corrected chi connectivity index (χ3v) is 4.68. The maximum atomic E-state index is 5.03. The van der Waals surface area contributed by atoms with Gasteiger partial charge in [-0.1, -0.05) is 13.0 Å². The second-order valence-corrected chi connectivity index (χ2v) is 6.64. The van der Waals surface area contributed by atoms with Gasteiger partial charge < -0.3 is 14.8 Å². The Hall–Kier alpha value is -1.39. The standard InChI is InChI=1S/C18H28N4/c1-4-14-7-8-17-16(12-14)20-18(15-6-5-9-19-13-15)22(17)11-10-21(2)3/h7-8,12,15,19H,4-6,9-11,13H2,1-3H3. The van der Waals surface area contributed by atoms with Crippen LogP contribution in [0.1, 0.15) is 37.1 Å². The number of benzene rings is 1. The molecule has 0 amide bonds. The molecule has 22 heavy (non-hydrogen) atoms. The molecule has 0 bridgehead atoms. The number of nitrogens with zero attached hydrogens (tertiary/aromatic N) is 3. The zero-order chi connectivity index (χ0) is 15.5. The Bertz CT molecular complexity index is 623.